The van der Waals surface area contributed by atoms with E-state index in [1.165, 1.54) is 6.07 Å². The van der Waals surface area contributed by atoms with Gasteiger partial charge < -0.3 is 16.2 Å². The molecule has 0 aliphatic heterocycles. The van der Waals surface area contributed by atoms with Gasteiger partial charge in [-0.15, -0.1) is 0 Å². The molecule has 0 saturated heterocycles. The molecule has 0 aliphatic carbocycles. The summed E-state index contributed by atoms with van der Waals surface area (Å²) in [7, 11) is 0. The topological polar surface area (TPSA) is 75.4 Å². The lowest BCUT2D eigenvalue weighted by Gasteiger charge is -2.06. The van der Waals surface area contributed by atoms with Crippen LogP contribution in [0.3, 0.4) is 0 Å². The minimum atomic E-state index is -0.0811. The Balaban J connectivity index is 1.86. The molecule has 0 unspecified atom stereocenters. The fraction of sp³-hybridized carbons (Fsp3) is 0.133. The van der Waals surface area contributed by atoms with Gasteiger partial charge in [-0.05, 0) is 36.2 Å². The van der Waals surface area contributed by atoms with Gasteiger partial charge in [-0.2, -0.15) is 0 Å². The minimum Gasteiger partial charge on any atom is -0.508 e. The number of nitrogen functional groups attached to an aromatic ring is 1. The lowest BCUT2D eigenvalue weighted by atomic mass is 10.1. The van der Waals surface area contributed by atoms with Crippen LogP contribution in [0.4, 0.5) is 11.4 Å². The molecule has 0 heterocycles. The first kappa shape index (κ1) is 13.0. The van der Waals surface area contributed by atoms with Crippen LogP contribution >= 0.6 is 0 Å². The van der Waals surface area contributed by atoms with Gasteiger partial charge in [0, 0.05) is 23.9 Å². The van der Waals surface area contributed by atoms with E-state index in [0.717, 1.165) is 5.56 Å². The molecule has 0 atom stereocenters. The Hall–Kier alpha value is -2.49. The molecule has 0 saturated carbocycles. The Bertz CT molecular complexity index is 565. The molecule has 0 aromatic heterocycles. The lowest BCUT2D eigenvalue weighted by molar-refractivity contribution is -0.116. The molecule has 0 aliphatic rings. The predicted molar refractivity (Wildman–Crippen MR) is 75.9 cm³/mol. The fourth-order valence-corrected chi connectivity index (χ4v) is 1.75. The Morgan fingerprint density at radius 1 is 1.16 bits per heavy atom. The van der Waals surface area contributed by atoms with Gasteiger partial charge >= 0.3 is 0 Å². The van der Waals surface area contributed by atoms with Gasteiger partial charge in [0.15, 0.2) is 0 Å². The highest BCUT2D eigenvalue weighted by Crippen LogP contribution is 2.16. The van der Waals surface area contributed by atoms with Crippen molar-refractivity contribution in [2.75, 3.05) is 11.1 Å². The van der Waals surface area contributed by atoms with Crippen molar-refractivity contribution in [2.24, 2.45) is 0 Å². The quantitative estimate of drug-likeness (QED) is 0.736. The third kappa shape index (κ3) is 4.03. The number of carbonyl (C=O) groups excluding carboxylic acids is 1. The number of phenolic OH excluding ortho intramolecular Hbond substituents is 1. The Kier molecular flexibility index (Phi) is 4.03. The van der Waals surface area contributed by atoms with Crippen LogP contribution in [0.25, 0.3) is 0 Å². The lowest BCUT2D eigenvalue weighted by Crippen LogP contribution is -2.12. The maximum absolute atomic E-state index is 11.7. The largest absolute Gasteiger partial charge is 0.508 e. The number of benzene rings is 2. The molecule has 2 rings (SSSR count). The van der Waals surface area contributed by atoms with Gasteiger partial charge in [-0.3, -0.25) is 4.79 Å². The van der Waals surface area contributed by atoms with Crippen LogP contribution in [0.2, 0.25) is 0 Å². The summed E-state index contributed by atoms with van der Waals surface area (Å²) in [6.45, 7) is 0. The van der Waals surface area contributed by atoms with Crippen molar-refractivity contribution in [2.45, 2.75) is 12.8 Å². The number of anilines is 2. The second-order valence-electron chi connectivity index (χ2n) is 4.34. The molecule has 0 fully saturated rings. The summed E-state index contributed by atoms with van der Waals surface area (Å²) < 4.78 is 0. The molecule has 4 nitrogen and oxygen atoms in total. The van der Waals surface area contributed by atoms with Gasteiger partial charge in [-0.1, -0.05) is 18.2 Å². The van der Waals surface area contributed by atoms with E-state index >= 15 is 0 Å². The molecule has 19 heavy (non-hydrogen) atoms. The highest BCUT2D eigenvalue weighted by atomic mass is 16.3. The van der Waals surface area contributed by atoms with E-state index in [9.17, 15) is 9.90 Å². The summed E-state index contributed by atoms with van der Waals surface area (Å²) in [5.41, 5.74) is 7.98. The van der Waals surface area contributed by atoms with Crippen LogP contribution in [0.1, 0.15) is 12.0 Å². The summed E-state index contributed by atoms with van der Waals surface area (Å²) in [5.74, 6) is 0.0544. The maximum Gasteiger partial charge on any atom is 0.224 e. The average Bonchev–Trinajstić information content (AvgIpc) is 2.38. The summed E-state index contributed by atoms with van der Waals surface area (Å²) in [6.07, 6.45) is 1.05. The first-order valence-electron chi connectivity index (χ1n) is 6.07. The van der Waals surface area contributed by atoms with E-state index in [2.05, 4.69) is 5.32 Å². The van der Waals surface area contributed by atoms with Crippen LogP contribution in [0, 0.1) is 0 Å². The second-order valence-corrected chi connectivity index (χ2v) is 4.34. The molecule has 4 heteroatoms. The highest BCUT2D eigenvalue weighted by Gasteiger charge is 2.03. The summed E-state index contributed by atoms with van der Waals surface area (Å²) in [5, 5.41) is 12.0. The Labute approximate surface area is 111 Å². The van der Waals surface area contributed by atoms with Crippen LogP contribution < -0.4 is 11.1 Å². The Morgan fingerprint density at radius 2 is 1.89 bits per heavy atom. The number of amides is 1. The molecule has 98 valence electrons. The minimum absolute atomic E-state index is 0.0811. The maximum atomic E-state index is 11.7. The van der Waals surface area contributed by atoms with Crippen molar-refractivity contribution in [1.82, 2.24) is 0 Å². The van der Waals surface area contributed by atoms with Crippen LogP contribution in [0.15, 0.2) is 48.5 Å². The SMILES string of the molecule is Nc1ccc(CCC(=O)Nc2cccc(O)c2)cc1. The van der Waals surface area contributed by atoms with Gasteiger partial charge in [0.05, 0.1) is 0 Å². The van der Waals surface area contributed by atoms with Crippen molar-refractivity contribution in [3.63, 3.8) is 0 Å². The van der Waals surface area contributed by atoms with E-state index in [-0.39, 0.29) is 11.7 Å². The number of carbonyl (C=O) groups is 1. The number of hydrogen-bond donors (Lipinski definition) is 3. The van der Waals surface area contributed by atoms with E-state index in [4.69, 9.17) is 5.73 Å². The Morgan fingerprint density at radius 3 is 2.58 bits per heavy atom. The second kappa shape index (κ2) is 5.91. The number of hydrogen-bond acceptors (Lipinski definition) is 3. The zero-order valence-corrected chi connectivity index (χ0v) is 10.5. The van der Waals surface area contributed by atoms with Crippen LogP contribution in [0.5, 0.6) is 5.75 Å². The van der Waals surface area contributed by atoms with Crippen molar-refractivity contribution in [1.29, 1.82) is 0 Å². The fourth-order valence-electron chi connectivity index (χ4n) is 1.75. The van der Waals surface area contributed by atoms with Gasteiger partial charge in [0.1, 0.15) is 5.75 Å². The zero-order chi connectivity index (χ0) is 13.7. The van der Waals surface area contributed by atoms with Crippen molar-refractivity contribution >= 4 is 17.3 Å². The van der Waals surface area contributed by atoms with Crippen LogP contribution in [-0.4, -0.2) is 11.0 Å². The van der Waals surface area contributed by atoms with E-state index in [1.807, 2.05) is 24.3 Å². The molecule has 1 amide bonds. The van der Waals surface area contributed by atoms with E-state index in [1.54, 1.807) is 18.2 Å². The molecule has 4 N–H and O–H groups in total. The molecular formula is C15H16N2O2. The molecular weight excluding hydrogens is 240 g/mol. The van der Waals surface area contributed by atoms with Crippen molar-refractivity contribution < 1.29 is 9.90 Å². The van der Waals surface area contributed by atoms with Gasteiger partial charge in [-0.25, -0.2) is 0 Å². The van der Waals surface area contributed by atoms with Crippen molar-refractivity contribution in [3.8, 4) is 5.75 Å². The molecule has 0 spiro atoms. The van der Waals surface area contributed by atoms with Gasteiger partial charge in [0.2, 0.25) is 5.91 Å². The monoisotopic (exact) mass is 256 g/mol. The van der Waals surface area contributed by atoms with Crippen molar-refractivity contribution in [3.05, 3.63) is 54.1 Å². The number of aryl methyl sites for hydroxylation is 1. The average molecular weight is 256 g/mol. The van der Waals surface area contributed by atoms with Crippen LogP contribution in [-0.2, 0) is 11.2 Å². The standard InChI is InChI=1S/C15H16N2O2/c16-12-7-4-11(5-8-12)6-9-15(19)17-13-2-1-3-14(18)10-13/h1-5,7-8,10,18H,6,9,16H2,(H,17,19). The van der Waals surface area contributed by atoms with E-state index < -0.39 is 0 Å². The molecule has 0 bridgehead atoms. The number of nitrogens with one attached hydrogen (secondary N) is 1. The summed E-state index contributed by atoms with van der Waals surface area (Å²) in [6, 6.07) is 14.0. The predicted octanol–water partition coefficient (Wildman–Crippen LogP) is 2.55. The summed E-state index contributed by atoms with van der Waals surface area (Å²) in [4.78, 5) is 11.7. The smallest absolute Gasteiger partial charge is 0.224 e. The van der Waals surface area contributed by atoms with Gasteiger partial charge in [0.25, 0.3) is 0 Å². The molecule has 2 aromatic carbocycles. The number of nitrogens with two attached hydrogens (primary N) is 1. The number of phenols is 1. The number of aromatic hydroxyl groups is 1. The third-order valence-electron chi connectivity index (χ3n) is 2.75. The highest BCUT2D eigenvalue weighted by molar-refractivity contribution is 5.91. The summed E-state index contributed by atoms with van der Waals surface area (Å²) >= 11 is 0. The first-order valence-corrected chi connectivity index (χ1v) is 6.07. The van der Waals surface area contributed by atoms with E-state index in [0.29, 0.717) is 24.2 Å². The third-order valence-corrected chi connectivity index (χ3v) is 2.75. The molecule has 2 aromatic rings. The first-order chi connectivity index (χ1) is 9.13. The zero-order valence-electron chi connectivity index (χ0n) is 10.5. The number of rotatable bonds is 4. The normalized spacial score (nSPS) is 10.1. The molecule has 0 radical (unpaired) electrons.